The van der Waals surface area contributed by atoms with Crippen molar-refractivity contribution in [2.75, 3.05) is 0 Å². The lowest BCUT2D eigenvalue weighted by molar-refractivity contribution is -0.157. The maximum atomic E-state index is 13.0. The van der Waals surface area contributed by atoms with Crippen LogP contribution >= 0.6 is 0 Å². The van der Waals surface area contributed by atoms with E-state index in [-0.39, 0.29) is 29.7 Å². The maximum Gasteiger partial charge on any atom is 0.317 e. The molecule has 2 fully saturated rings. The van der Waals surface area contributed by atoms with Crippen molar-refractivity contribution in [3.8, 4) is 0 Å². The molecule has 2 aliphatic carbocycles. The molecule has 0 aromatic heterocycles. The highest BCUT2D eigenvalue weighted by molar-refractivity contribution is 6.02. The van der Waals surface area contributed by atoms with Gasteiger partial charge in [-0.25, -0.2) is 0 Å². The molecule has 27 heavy (non-hydrogen) atoms. The van der Waals surface area contributed by atoms with Crippen LogP contribution in [0.4, 0.5) is 0 Å². The van der Waals surface area contributed by atoms with Gasteiger partial charge in [0.2, 0.25) is 0 Å². The molecule has 0 bridgehead atoms. The van der Waals surface area contributed by atoms with Gasteiger partial charge in [-0.1, -0.05) is 67.1 Å². The molecule has 2 saturated carbocycles. The van der Waals surface area contributed by atoms with E-state index in [2.05, 4.69) is 12.1 Å². The molecular weight excluding hydrogens is 336 g/mol. The Morgan fingerprint density at radius 3 is 2.04 bits per heavy atom. The van der Waals surface area contributed by atoms with E-state index in [1.54, 1.807) is 0 Å². The Hall–Kier alpha value is -2.42. The number of hydrogen-bond donors (Lipinski definition) is 0. The number of carbonyl (C=O) groups excluding carboxylic acids is 2. The van der Waals surface area contributed by atoms with Crippen molar-refractivity contribution in [1.82, 2.24) is 0 Å². The van der Waals surface area contributed by atoms with Crippen LogP contribution in [0.25, 0.3) is 0 Å². The van der Waals surface area contributed by atoms with Gasteiger partial charge in [0.15, 0.2) is 0 Å². The summed E-state index contributed by atoms with van der Waals surface area (Å²) in [6.07, 6.45) is 5.63. The average molecular weight is 362 g/mol. The number of rotatable bonds is 4. The molecule has 0 heterocycles. The first-order valence-corrected chi connectivity index (χ1v) is 10.1. The van der Waals surface area contributed by atoms with Crippen molar-refractivity contribution in [3.05, 3.63) is 71.8 Å². The molecule has 0 N–H and O–H groups in total. The van der Waals surface area contributed by atoms with E-state index in [0.29, 0.717) is 6.42 Å². The number of esters is 1. The molecule has 2 aromatic rings. The van der Waals surface area contributed by atoms with Crippen LogP contribution in [0.5, 0.6) is 0 Å². The monoisotopic (exact) mass is 362 g/mol. The van der Waals surface area contributed by atoms with Gasteiger partial charge in [0.1, 0.15) is 17.8 Å². The standard InChI is InChI=1S/C24H26O3/c25-21-16-20(17-10-4-1-5-11-17)22(18-12-6-2-7-13-18)23(21)24(26)27-19-14-8-3-9-15-19/h1-2,4-7,10-13,19-20,22-23H,3,8-9,14-16H2/t20-,22+,23+/m0/s1. The Bertz CT molecular complexity index is 778. The lowest BCUT2D eigenvalue weighted by Crippen LogP contribution is -2.31. The second-order valence-electron chi connectivity index (χ2n) is 7.80. The van der Waals surface area contributed by atoms with Crippen LogP contribution in [0.1, 0.15) is 61.5 Å². The Morgan fingerprint density at radius 2 is 1.41 bits per heavy atom. The molecule has 0 spiro atoms. The molecule has 0 saturated heterocycles. The van der Waals surface area contributed by atoms with Gasteiger partial charge in [-0.05, 0) is 42.7 Å². The first-order chi connectivity index (χ1) is 13.2. The molecule has 4 rings (SSSR count). The van der Waals surface area contributed by atoms with E-state index >= 15 is 0 Å². The molecule has 3 atom stereocenters. The first-order valence-electron chi connectivity index (χ1n) is 10.1. The molecule has 0 unspecified atom stereocenters. The predicted octanol–water partition coefficient (Wildman–Crippen LogP) is 5.02. The predicted molar refractivity (Wildman–Crippen MR) is 104 cm³/mol. The van der Waals surface area contributed by atoms with Gasteiger partial charge in [0.05, 0.1) is 0 Å². The third-order valence-electron chi connectivity index (χ3n) is 6.06. The van der Waals surface area contributed by atoms with Gasteiger partial charge in [-0.2, -0.15) is 0 Å². The Balaban J connectivity index is 1.64. The minimum absolute atomic E-state index is 0.0125. The van der Waals surface area contributed by atoms with Crippen LogP contribution in [0.15, 0.2) is 60.7 Å². The number of hydrogen-bond acceptors (Lipinski definition) is 3. The second-order valence-corrected chi connectivity index (χ2v) is 7.80. The smallest absolute Gasteiger partial charge is 0.317 e. The van der Waals surface area contributed by atoms with E-state index in [1.165, 1.54) is 6.42 Å². The zero-order chi connectivity index (χ0) is 18.6. The van der Waals surface area contributed by atoms with Crippen molar-refractivity contribution in [1.29, 1.82) is 0 Å². The van der Waals surface area contributed by atoms with Crippen molar-refractivity contribution in [3.63, 3.8) is 0 Å². The quantitative estimate of drug-likeness (QED) is 0.567. The zero-order valence-electron chi connectivity index (χ0n) is 15.6. The van der Waals surface area contributed by atoms with E-state index in [9.17, 15) is 9.59 Å². The zero-order valence-corrected chi connectivity index (χ0v) is 15.6. The number of Topliss-reactive ketones (excluding diaryl/α,β-unsaturated/α-hetero) is 1. The largest absolute Gasteiger partial charge is 0.462 e. The summed E-state index contributed by atoms with van der Waals surface area (Å²) in [6.45, 7) is 0. The summed E-state index contributed by atoms with van der Waals surface area (Å²) in [6, 6.07) is 20.1. The second kappa shape index (κ2) is 8.08. The summed E-state index contributed by atoms with van der Waals surface area (Å²) in [5.74, 6) is -1.14. The fourth-order valence-electron chi connectivity index (χ4n) is 4.73. The van der Waals surface area contributed by atoms with Gasteiger partial charge >= 0.3 is 5.97 Å². The van der Waals surface area contributed by atoms with Crippen LogP contribution in [0.2, 0.25) is 0 Å². The van der Waals surface area contributed by atoms with E-state index in [1.807, 2.05) is 48.5 Å². The van der Waals surface area contributed by atoms with Crippen LogP contribution in [-0.4, -0.2) is 17.9 Å². The highest BCUT2D eigenvalue weighted by Crippen LogP contribution is 2.48. The SMILES string of the molecule is O=C1C[C@@H](c2ccccc2)[C@@H](c2ccccc2)[C@@H]1C(=O)OC1CCCCC1. The fraction of sp³-hybridized carbons (Fsp3) is 0.417. The molecule has 3 heteroatoms. The van der Waals surface area contributed by atoms with Crippen molar-refractivity contribution >= 4 is 11.8 Å². The van der Waals surface area contributed by atoms with Crippen LogP contribution in [-0.2, 0) is 14.3 Å². The third kappa shape index (κ3) is 3.83. The molecule has 0 aliphatic heterocycles. The number of benzene rings is 2. The van der Waals surface area contributed by atoms with Crippen LogP contribution in [0, 0.1) is 5.92 Å². The lowest BCUT2D eigenvalue weighted by Gasteiger charge is -2.27. The van der Waals surface area contributed by atoms with Gasteiger partial charge in [0.25, 0.3) is 0 Å². The normalized spacial score (nSPS) is 26.1. The number of carbonyl (C=O) groups is 2. The summed E-state index contributed by atoms with van der Waals surface area (Å²) in [4.78, 5) is 26.0. The van der Waals surface area contributed by atoms with Gasteiger partial charge in [-0.3, -0.25) is 9.59 Å². The number of ketones is 1. The molecule has 2 aromatic carbocycles. The van der Waals surface area contributed by atoms with Crippen LogP contribution in [0.3, 0.4) is 0 Å². The number of ether oxygens (including phenoxy) is 1. The van der Waals surface area contributed by atoms with Crippen molar-refractivity contribution in [2.45, 2.75) is 56.5 Å². The molecular formula is C24H26O3. The van der Waals surface area contributed by atoms with Gasteiger partial charge in [0, 0.05) is 12.3 Å². The first kappa shape index (κ1) is 18.0. The highest BCUT2D eigenvalue weighted by Gasteiger charge is 2.48. The highest BCUT2D eigenvalue weighted by atomic mass is 16.5. The lowest BCUT2D eigenvalue weighted by atomic mass is 9.80. The average Bonchev–Trinajstić information content (AvgIpc) is 3.07. The third-order valence-corrected chi connectivity index (χ3v) is 6.06. The topological polar surface area (TPSA) is 43.4 Å². The maximum absolute atomic E-state index is 13.0. The van der Waals surface area contributed by atoms with E-state index in [4.69, 9.17) is 4.74 Å². The van der Waals surface area contributed by atoms with Crippen molar-refractivity contribution in [2.24, 2.45) is 5.92 Å². The van der Waals surface area contributed by atoms with Gasteiger partial charge in [-0.15, -0.1) is 0 Å². The minimum Gasteiger partial charge on any atom is -0.462 e. The molecule has 3 nitrogen and oxygen atoms in total. The Labute approximate surface area is 160 Å². The summed E-state index contributed by atoms with van der Waals surface area (Å²) < 4.78 is 5.82. The van der Waals surface area contributed by atoms with Crippen molar-refractivity contribution < 1.29 is 14.3 Å². The van der Waals surface area contributed by atoms with Gasteiger partial charge < -0.3 is 4.74 Å². The summed E-state index contributed by atoms with van der Waals surface area (Å²) in [5.41, 5.74) is 2.16. The van der Waals surface area contributed by atoms with E-state index < -0.39 is 5.92 Å². The van der Waals surface area contributed by atoms with Crippen LogP contribution < -0.4 is 0 Å². The fourth-order valence-corrected chi connectivity index (χ4v) is 4.73. The summed E-state index contributed by atoms with van der Waals surface area (Å²) in [7, 11) is 0. The Kier molecular flexibility index (Phi) is 5.38. The Morgan fingerprint density at radius 1 is 0.815 bits per heavy atom. The molecule has 0 amide bonds. The minimum atomic E-state index is -0.695. The summed E-state index contributed by atoms with van der Waals surface area (Å²) >= 11 is 0. The van der Waals surface area contributed by atoms with E-state index in [0.717, 1.165) is 36.8 Å². The molecule has 140 valence electrons. The molecule has 0 radical (unpaired) electrons. The molecule has 2 aliphatic rings. The summed E-state index contributed by atoms with van der Waals surface area (Å²) in [5, 5.41) is 0.